The van der Waals surface area contributed by atoms with Crippen LogP contribution < -0.4 is 16.0 Å². The van der Waals surface area contributed by atoms with Gasteiger partial charge in [0, 0.05) is 37.6 Å². The number of carbonyl (C=O) groups excluding carboxylic acids is 3. The van der Waals surface area contributed by atoms with Crippen LogP contribution in [0.1, 0.15) is 40.7 Å². The van der Waals surface area contributed by atoms with Crippen LogP contribution in [0.3, 0.4) is 0 Å². The number of carbonyl (C=O) groups is 3. The van der Waals surface area contributed by atoms with Crippen LogP contribution in [-0.4, -0.2) is 80.7 Å². The second-order valence-electron chi connectivity index (χ2n) is 10.8. The third-order valence-corrected chi connectivity index (χ3v) is 9.63. The average molecular weight is 740 g/mol. The normalized spacial score (nSPS) is 16.6. The average Bonchev–Trinajstić information content (AvgIpc) is 3.74. The van der Waals surface area contributed by atoms with Gasteiger partial charge in [-0.15, -0.1) is 0 Å². The van der Waals surface area contributed by atoms with E-state index in [1.165, 1.54) is 43.8 Å². The van der Waals surface area contributed by atoms with E-state index in [2.05, 4.69) is 25.7 Å². The third kappa shape index (κ3) is 11.4. The second kappa shape index (κ2) is 18.0. The Kier molecular flexibility index (Phi) is 14.4. The number of aryl methyl sites for hydroxylation is 1. The van der Waals surface area contributed by atoms with Crippen LogP contribution in [0.25, 0.3) is 0 Å². The maximum atomic E-state index is 12.8. The molecule has 2 aliphatic heterocycles. The van der Waals surface area contributed by atoms with E-state index in [0.717, 1.165) is 9.87 Å². The molecule has 2 aliphatic rings. The molecule has 2 saturated heterocycles. The molecular formula is C32H34Cl2F2N6O6S. The number of methoxy groups -OCH3 is 1. The highest BCUT2D eigenvalue weighted by molar-refractivity contribution is 7.89. The van der Waals surface area contributed by atoms with Crippen LogP contribution in [0.2, 0.25) is 10.0 Å². The molecule has 3 N–H and O–H groups in total. The molecule has 0 radical (unpaired) electrons. The van der Waals surface area contributed by atoms with Crippen LogP contribution in [0.15, 0.2) is 65.8 Å². The highest BCUT2D eigenvalue weighted by atomic mass is 35.5. The summed E-state index contributed by atoms with van der Waals surface area (Å²) in [4.78, 5) is 39.1. The number of hydrogen-bond acceptors (Lipinski definition) is 9. The van der Waals surface area contributed by atoms with E-state index >= 15 is 0 Å². The Bertz CT molecular complexity index is 1760. The smallest absolute Gasteiger partial charge is 0.325 e. The number of alkyl halides is 2. The van der Waals surface area contributed by atoms with E-state index in [0.29, 0.717) is 25.1 Å². The van der Waals surface area contributed by atoms with Crippen molar-refractivity contribution < 1.29 is 36.3 Å². The minimum atomic E-state index is -3.90. The van der Waals surface area contributed by atoms with Gasteiger partial charge in [-0.3, -0.25) is 19.4 Å². The van der Waals surface area contributed by atoms with Crippen molar-refractivity contribution >= 4 is 56.7 Å². The molecule has 3 aromatic rings. The summed E-state index contributed by atoms with van der Waals surface area (Å²) in [6.07, 6.45) is 3.68. The lowest BCUT2D eigenvalue weighted by Crippen LogP contribution is -2.47. The predicted octanol–water partition coefficient (Wildman–Crippen LogP) is 4.56. The Balaban J connectivity index is 0.000000227. The van der Waals surface area contributed by atoms with Crippen molar-refractivity contribution in [2.45, 2.75) is 43.0 Å². The number of nitrogens with zero attached hydrogens (tertiary/aromatic N) is 3. The van der Waals surface area contributed by atoms with Gasteiger partial charge in [0.1, 0.15) is 12.6 Å². The zero-order valence-electron chi connectivity index (χ0n) is 26.5. The maximum absolute atomic E-state index is 12.8. The first-order valence-corrected chi connectivity index (χ1v) is 17.0. The number of nitriles is 1. The van der Waals surface area contributed by atoms with Crippen molar-refractivity contribution in [1.29, 1.82) is 5.26 Å². The van der Waals surface area contributed by atoms with Gasteiger partial charge in [-0.1, -0.05) is 47.0 Å². The van der Waals surface area contributed by atoms with E-state index in [1.54, 1.807) is 0 Å². The molecule has 0 bridgehead atoms. The van der Waals surface area contributed by atoms with Crippen LogP contribution in [0.5, 0.6) is 0 Å². The summed E-state index contributed by atoms with van der Waals surface area (Å²) in [7, 11) is -2.71. The Labute approximate surface area is 292 Å². The molecule has 1 aromatic heterocycles. The summed E-state index contributed by atoms with van der Waals surface area (Å²) in [6.45, 7) is 2.20. The van der Waals surface area contributed by atoms with E-state index < -0.39 is 33.9 Å². The van der Waals surface area contributed by atoms with Crippen LogP contribution in [0.4, 0.5) is 14.5 Å². The zero-order chi connectivity index (χ0) is 36.2. The summed E-state index contributed by atoms with van der Waals surface area (Å²) >= 11 is 11.8. The minimum absolute atomic E-state index is 0.00694. The summed E-state index contributed by atoms with van der Waals surface area (Å²) in [5.74, 6) is -3.92. The number of nitrogens with one attached hydrogen (secondary N) is 3. The Hall–Kier alpha value is -4.20. The molecule has 2 aromatic carbocycles. The fraction of sp³-hybridized carbons (Fsp3) is 0.344. The van der Waals surface area contributed by atoms with Crippen molar-refractivity contribution in [2.75, 3.05) is 38.6 Å². The lowest BCUT2D eigenvalue weighted by molar-refractivity contribution is -0.141. The molecule has 5 rings (SSSR count). The summed E-state index contributed by atoms with van der Waals surface area (Å²) < 4.78 is 54.8. The number of anilines is 1. The molecule has 3 heterocycles. The first-order chi connectivity index (χ1) is 23.2. The molecular weight excluding hydrogens is 705 g/mol. The number of amides is 2. The standard InChI is InChI=1S/C15H17N3O5S.C13H10Cl2N2O.C4H7F2N/c1-23-14(19)10-17-15(20)13-6-3-7-18(13)24(21,22)12-5-2-4-11(8-12)9-16;1-8-2-4-9(5-3-8)17-13(18)12-10(14)6-16-7-11(12)15;5-4(6)1-2-7-3-4/h2,4-5,8,13H,3,6-7,10H2,1H3,(H,17,20);2-7H,1H3,(H,17,18);7H,1-3H2. The fourth-order valence-electron chi connectivity index (χ4n) is 4.59. The van der Waals surface area contributed by atoms with E-state index in [1.807, 2.05) is 37.3 Å². The van der Waals surface area contributed by atoms with E-state index in [-0.39, 0.29) is 58.0 Å². The summed E-state index contributed by atoms with van der Waals surface area (Å²) in [6, 6.07) is 14.1. The number of halogens is 4. The third-order valence-electron chi connectivity index (χ3n) is 7.15. The fourth-order valence-corrected chi connectivity index (χ4v) is 6.83. The molecule has 0 aliphatic carbocycles. The van der Waals surface area contributed by atoms with Crippen molar-refractivity contribution in [1.82, 2.24) is 19.9 Å². The largest absolute Gasteiger partial charge is 0.468 e. The highest BCUT2D eigenvalue weighted by Gasteiger charge is 2.39. The molecule has 1 unspecified atom stereocenters. The molecule has 0 spiro atoms. The lowest BCUT2D eigenvalue weighted by atomic mass is 10.2. The molecule has 2 fully saturated rings. The summed E-state index contributed by atoms with van der Waals surface area (Å²) in [5.41, 5.74) is 2.26. The molecule has 49 heavy (non-hydrogen) atoms. The molecule has 1 atom stereocenters. The molecule has 2 amide bonds. The number of pyridine rings is 1. The number of rotatable bonds is 7. The monoisotopic (exact) mass is 738 g/mol. The molecule has 0 saturated carbocycles. The van der Waals surface area contributed by atoms with Crippen molar-refractivity contribution in [3.63, 3.8) is 0 Å². The Morgan fingerprint density at radius 3 is 2.37 bits per heavy atom. The van der Waals surface area contributed by atoms with Crippen LogP contribution in [-0.2, 0) is 24.3 Å². The van der Waals surface area contributed by atoms with E-state index in [4.69, 9.17) is 28.5 Å². The number of aromatic nitrogens is 1. The lowest BCUT2D eigenvalue weighted by Gasteiger charge is -2.23. The van der Waals surface area contributed by atoms with Crippen molar-refractivity contribution in [3.05, 3.63) is 87.7 Å². The highest BCUT2D eigenvalue weighted by Crippen LogP contribution is 2.27. The van der Waals surface area contributed by atoms with Crippen LogP contribution >= 0.6 is 23.2 Å². The Morgan fingerprint density at radius 1 is 1.14 bits per heavy atom. The van der Waals surface area contributed by atoms with Gasteiger partial charge in [0.05, 0.1) is 45.8 Å². The zero-order valence-corrected chi connectivity index (χ0v) is 28.8. The van der Waals surface area contributed by atoms with Gasteiger partial charge in [0.2, 0.25) is 15.9 Å². The Morgan fingerprint density at radius 2 is 1.82 bits per heavy atom. The summed E-state index contributed by atoms with van der Waals surface area (Å²) in [5, 5.41) is 17.0. The predicted molar refractivity (Wildman–Crippen MR) is 179 cm³/mol. The molecule has 12 nitrogen and oxygen atoms in total. The maximum Gasteiger partial charge on any atom is 0.325 e. The number of sulfonamides is 1. The topological polar surface area (TPSA) is 171 Å². The quantitative estimate of drug-likeness (QED) is 0.294. The van der Waals surface area contributed by atoms with Gasteiger partial charge < -0.3 is 20.7 Å². The number of hydrogen-bond donors (Lipinski definition) is 3. The molecule has 262 valence electrons. The van der Waals surface area contributed by atoms with Gasteiger partial charge in [-0.05, 0) is 50.1 Å². The second-order valence-corrected chi connectivity index (χ2v) is 13.5. The number of ether oxygens (including phenoxy) is 1. The van der Waals surface area contributed by atoms with Gasteiger partial charge >= 0.3 is 5.97 Å². The first-order valence-electron chi connectivity index (χ1n) is 14.8. The van der Waals surface area contributed by atoms with Gasteiger partial charge in [0.25, 0.3) is 11.8 Å². The van der Waals surface area contributed by atoms with Gasteiger partial charge in [0.15, 0.2) is 0 Å². The number of benzene rings is 2. The van der Waals surface area contributed by atoms with Gasteiger partial charge in [-0.25, -0.2) is 17.2 Å². The first kappa shape index (κ1) is 39.2. The SMILES string of the molecule is COC(=O)CNC(=O)C1CCCN1S(=O)(=O)c1cccc(C#N)c1.Cc1ccc(NC(=O)c2c(Cl)cncc2Cl)cc1.FC1(F)CCNC1. The van der Waals surface area contributed by atoms with E-state index in [9.17, 15) is 31.6 Å². The van der Waals surface area contributed by atoms with Crippen molar-refractivity contribution in [2.24, 2.45) is 0 Å². The van der Waals surface area contributed by atoms with Gasteiger partial charge in [-0.2, -0.15) is 9.57 Å². The molecule has 17 heteroatoms. The van der Waals surface area contributed by atoms with Crippen molar-refractivity contribution in [3.8, 4) is 6.07 Å². The number of esters is 1. The minimum Gasteiger partial charge on any atom is -0.468 e. The van der Waals surface area contributed by atoms with Crippen LogP contribution in [0, 0.1) is 18.3 Å².